The quantitative estimate of drug-likeness (QED) is 0.769. The lowest BCUT2D eigenvalue weighted by atomic mass is 9.95. The maximum absolute atomic E-state index is 12.2. The number of furan rings is 1. The molecule has 0 saturated heterocycles. The Hall–Kier alpha value is -2.34. The summed E-state index contributed by atoms with van der Waals surface area (Å²) in [6.07, 6.45) is 0.732. The molecule has 0 saturated carbocycles. The lowest BCUT2D eigenvalue weighted by molar-refractivity contribution is 0.0950. The summed E-state index contributed by atoms with van der Waals surface area (Å²) in [4.78, 5) is 12.2. The van der Waals surface area contributed by atoms with E-state index >= 15 is 0 Å². The van der Waals surface area contributed by atoms with Gasteiger partial charge in [-0.3, -0.25) is 4.79 Å². The standard InChI is InChI=1S/C15H13NO2/c1-2-12-8-9-14(18-12)15(17)13(10-16)11-6-4-3-5-7-11/h3-9,13H,2H2,1H3. The molecule has 0 aliphatic carbocycles. The van der Waals surface area contributed by atoms with Crippen LogP contribution in [-0.2, 0) is 6.42 Å². The van der Waals surface area contributed by atoms with Gasteiger partial charge in [0, 0.05) is 6.42 Å². The van der Waals surface area contributed by atoms with Crippen molar-refractivity contribution in [3.05, 3.63) is 59.5 Å². The number of hydrogen-bond donors (Lipinski definition) is 0. The van der Waals surface area contributed by atoms with Crippen molar-refractivity contribution in [1.29, 1.82) is 5.26 Å². The first-order valence-electron chi connectivity index (χ1n) is 5.83. The summed E-state index contributed by atoms with van der Waals surface area (Å²) in [5, 5.41) is 9.16. The van der Waals surface area contributed by atoms with Crippen LogP contribution < -0.4 is 0 Å². The second kappa shape index (κ2) is 5.33. The van der Waals surface area contributed by atoms with Crippen LogP contribution in [0.25, 0.3) is 0 Å². The summed E-state index contributed by atoms with van der Waals surface area (Å²) in [6, 6.07) is 14.5. The number of nitriles is 1. The minimum Gasteiger partial charge on any atom is -0.458 e. The Kier molecular flexibility index (Phi) is 3.59. The molecule has 0 aliphatic heterocycles. The van der Waals surface area contributed by atoms with E-state index in [9.17, 15) is 4.79 Å². The van der Waals surface area contributed by atoms with Gasteiger partial charge in [-0.2, -0.15) is 5.26 Å². The van der Waals surface area contributed by atoms with Crippen LogP contribution in [0.2, 0.25) is 0 Å². The summed E-state index contributed by atoms with van der Waals surface area (Å²) >= 11 is 0. The number of aryl methyl sites for hydroxylation is 1. The van der Waals surface area contributed by atoms with E-state index in [1.807, 2.05) is 31.2 Å². The fraction of sp³-hybridized carbons (Fsp3) is 0.200. The molecule has 0 amide bonds. The number of nitrogens with zero attached hydrogens (tertiary/aromatic N) is 1. The monoisotopic (exact) mass is 239 g/mol. The van der Waals surface area contributed by atoms with E-state index in [-0.39, 0.29) is 11.5 Å². The van der Waals surface area contributed by atoms with Crippen LogP contribution in [0.1, 0.15) is 34.7 Å². The van der Waals surface area contributed by atoms with Crippen LogP contribution in [0.5, 0.6) is 0 Å². The van der Waals surface area contributed by atoms with E-state index in [0.29, 0.717) is 5.56 Å². The zero-order valence-electron chi connectivity index (χ0n) is 10.1. The third-order valence-corrected chi connectivity index (χ3v) is 2.78. The molecule has 0 bridgehead atoms. The van der Waals surface area contributed by atoms with Crippen LogP contribution in [0, 0.1) is 11.3 Å². The summed E-state index contributed by atoms with van der Waals surface area (Å²) in [7, 11) is 0. The zero-order valence-corrected chi connectivity index (χ0v) is 10.1. The number of Topliss-reactive ketones (excluding diaryl/α,β-unsaturated/α-hetero) is 1. The van der Waals surface area contributed by atoms with Crippen molar-refractivity contribution in [2.24, 2.45) is 0 Å². The molecule has 1 unspecified atom stereocenters. The van der Waals surface area contributed by atoms with E-state index in [1.54, 1.807) is 24.3 Å². The summed E-state index contributed by atoms with van der Waals surface area (Å²) < 4.78 is 5.40. The van der Waals surface area contributed by atoms with Crippen molar-refractivity contribution in [3.63, 3.8) is 0 Å². The van der Waals surface area contributed by atoms with E-state index in [4.69, 9.17) is 9.68 Å². The number of hydrogen-bond acceptors (Lipinski definition) is 3. The smallest absolute Gasteiger partial charge is 0.219 e. The molecule has 90 valence electrons. The van der Waals surface area contributed by atoms with Crippen LogP contribution in [0.15, 0.2) is 46.9 Å². The Bertz CT molecular complexity index is 578. The Morgan fingerprint density at radius 3 is 2.56 bits per heavy atom. The lowest BCUT2D eigenvalue weighted by Gasteiger charge is -2.06. The molecule has 0 spiro atoms. The number of rotatable bonds is 4. The summed E-state index contributed by atoms with van der Waals surface area (Å²) in [6.45, 7) is 1.95. The predicted molar refractivity (Wildman–Crippen MR) is 67.2 cm³/mol. The van der Waals surface area contributed by atoms with Crippen molar-refractivity contribution in [2.75, 3.05) is 0 Å². The minimum absolute atomic E-state index is 0.252. The molecule has 18 heavy (non-hydrogen) atoms. The van der Waals surface area contributed by atoms with E-state index in [1.165, 1.54) is 0 Å². The highest BCUT2D eigenvalue weighted by molar-refractivity contribution is 6.00. The third-order valence-electron chi connectivity index (χ3n) is 2.78. The van der Waals surface area contributed by atoms with E-state index in [0.717, 1.165) is 12.2 Å². The Morgan fingerprint density at radius 2 is 2.00 bits per heavy atom. The Morgan fingerprint density at radius 1 is 1.28 bits per heavy atom. The molecule has 2 aromatic rings. The van der Waals surface area contributed by atoms with Gasteiger partial charge in [-0.25, -0.2) is 0 Å². The number of carbonyl (C=O) groups is 1. The number of ketones is 1. The molecule has 1 aromatic carbocycles. The second-order valence-electron chi connectivity index (χ2n) is 3.96. The average molecular weight is 239 g/mol. The molecule has 3 heteroatoms. The first-order chi connectivity index (χ1) is 8.76. The normalized spacial score (nSPS) is 11.8. The van der Waals surface area contributed by atoms with E-state index < -0.39 is 5.92 Å². The third kappa shape index (κ3) is 2.33. The Balaban J connectivity index is 2.29. The molecule has 1 atom stereocenters. The van der Waals surface area contributed by atoms with Gasteiger partial charge in [-0.05, 0) is 17.7 Å². The van der Waals surface area contributed by atoms with Crippen molar-refractivity contribution >= 4 is 5.78 Å². The largest absolute Gasteiger partial charge is 0.458 e. The van der Waals surface area contributed by atoms with Crippen LogP contribution >= 0.6 is 0 Å². The van der Waals surface area contributed by atoms with Crippen LogP contribution in [0.4, 0.5) is 0 Å². The van der Waals surface area contributed by atoms with Crippen molar-refractivity contribution < 1.29 is 9.21 Å². The highest BCUT2D eigenvalue weighted by Gasteiger charge is 2.24. The van der Waals surface area contributed by atoms with Gasteiger partial charge >= 0.3 is 0 Å². The van der Waals surface area contributed by atoms with Gasteiger partial charge in [-0.15, -0.1) is 0 Å². The van der Waals surface area contributed by atoms with Crippen molar-refractivity contribution in [1.82, 2.24) is 0 Å². The predicted octanol–water partition coefficient (Wildman–Crippen LogP) is 3.33. The second-order valence-corrected chi connectivity index (χ2v) is 3.96. The molecule has 0 fully saturated rings. The van der Waals surface area contributed by atoms with E-state index in [2.05, 4.69) is 0 Å². The van der Waals surface area contributed by atoms with Gasteiger partial charge in [0.25, 0.3) is 0 Å². The minimum atomic E-state index is -0.804. The maximum atomic E-state index is 12.2. The highest BCUT2D eigenvalue weighted by Crippen LogP contribution is 2.21. The first kappa shape index (κ1) is 12.1. The summed E-state index contributed by atoms with van der Waals surface area (Å²) in [5.74, 6) is -0.0872. The number of carbonyl (C=O) groups excluding carboxylic acids is 1. The molecular weight excluding hydrogens is 226 g/mol. The molecule has 3 nitrogen and oxygen atoms in total. The number of benzene rings is 1. The molecule has 0 N–H and O–H groups in total. The van der Waals surface area contributed by atoms with Gasteiger partial charge in [0.1, 0.15) is 11.7 Å². The lowest BCUT2D eigenvalue weighted by Crippen LogP contribution is -2.10. The van der Waals surface area contributed by atoms with Gasteiger partial charge in [0.2, 0.25) is 5.78 Å². The molecule has 1 heterocycles. The summed E-state index contributed by atoms with van der Waals surface area (Å²) in [5.41, 5.74) is 0.694. The van der Waals surface area contributed by atoms with Gasteiger partial charge in [-0.1, -0.05) is 37.3 Å². The molecule has 0 radical (unpaired) electrons. The van der Waals surface area contributed by atoms with Gasteiger partial charge < -0.3 is 4.42 Å². The van der Waals surface area contributed by atoms with Crippen LogP contribution in [0.3, 0.4) is 0 Å². The first-order valence-corrected chi connectivity index (χ1v) is 5.83. The zero-order chi connectivity index (χ0) is 13.0. The molecule has 0 aliphatic rings. The fourth-order valence-corrected chi connectivity index (χ4v) is 1.77. The average Bonchev–Trinajstić information content (AvgIpc) is 2.89. The molecule has 1 aromatic heterocycles. The fourth-order valence-electron chi connectivity index (χ4n) is 1.77. The highest BCUT2D eigenvalue weighted by atomic mass is 16.3. The maximum Gasteiger partial charge on any atom is 0.219 e. The van der Waals surface area contributed by atoms with Gasteiger partial charge in [0.05, 0.1) is 6.07 Å². The van der Waals surface area contributed by atoms with Crippen molar-refractivity contribution in [2.45, 2.75) is 19.3 Å². The van der Waals surface area contributed by atoms with Crippen molar-refractivity contribution in [3.8, 4) is 6.07 Å². The van der Waals surface area contributed by atoms with Crippen LogP contribution in [-0.4, -0.2) is 5.78 Å². The van der Waals surface area contributed by atoms with Gasteiger partial charge in [0.15, 0.2) is 5.76 Å². The SMILES string of the molecule is CCc1ccc(C(=O)C(C#N)c2ccccc2)o1. The topological polar surface area (TPSA) is 54.0 Å². The Labute approximate surface area is 106 Å². The molecular formula is C15H13NO2. The molecule has 2 rings (SSSR count).